The second-order valence-electron chi connectivity index (χ2n) is 6.66. The van der Waals surface area contributed by atoms with Crippen LogP contribution in [0.2, 0.25) is 0 Å². The molecule has 0 aliphatic carbocycles. The van der Waals surface area contributed by atoms with Crippen LogP contribution >= 0.6 is 0 Å². The van der Waals surface area contributed by atoms with Crippen molar-refractivity contribution in [2.45, 2.75) is 25.2 Å². The minimum atomic E-state index is -1.55. The number of carbonyl (C=O) groups is 2. The summed E-state index contributed by atoms with van der Waals surface area (Å²) in [5.74, 6) is -5.52. The van der Waals surface area contributed by atoms with E-state index in [0.717, 1.165) is 30.5 Å². The molecule has 1 aliphatic rings. The number of nitrogens with zero attached hydrogens (tertiary/aromatic N) is 1. The molecule has 2 aromatic rings. The zero-order valence-corrected chi connectivity index (χ0v) is 14.4. The zero-order chi connectivity index (χ0) is 19.6. The van der Waals surface area contributed by atoms with E-state index in [0.29, 0.717) is 13.1 Å². The van der Waals surface area contributed by atoms with Crippen molar-refractivity contribution in [3.63, 3.8) is 0 Å². The molecule has 3 rings (SSSR count). The molecule has 1 amide bonds. The average Bonchev–Trinajstić information content (AvgIpc) is 2.66. The zero-order valence-electron chi connectivity index (χ0n) is 14.4. The second-order valence-corrected chi connectivity index (χ2v) is 6.66. The fourth-order valence-corrected chi connectivity index (χ4v) is 3.40. The largest absolute Gasteiger partial charge is 0.478 e. The third kappa shape index (κ3) is 4.30. The SMILES string of the molecule is O=C(O)c1cccc(C2CCCN(C(=O)Cc3cc(F)c(F)c(F)c3)C2)c1. The summed E-state index contributed by atoms with van der Waals surface area (Å²) in [7, 11) is 0. The van der Waals surface area contributed by atoms with Crippen molar-refractivity contribution in [1.82, 2.24) is 4.90 Å². The third-order valence-corrected chi connectivity index (χ3v) is 4.78. The maximum absolute atomic E-state index is 13.3. The number of carboxylic acids is 1. The number of amides is 1. The van der Waals surface area contributed by atoms with Gasteiger partial charge >= 0.3 is 5.97 Å². The fraction of sp³-hybridized carbons (Fsp3) is 0.300. The van der Waals surface area contributed by atoms with Gasteiger partial charge in [-0.05, 0) is 48.2 Å². The number of aromatic carboxylic acids is 1. The van der Waals surface area contributed by atoms with Crippen LogP contribution in [0.5, 0.6) is 0 Å². The maximum atomic E-state index is 13.3. The van der Waals surface area contributed by atoms with E-state index in [1.807, 2.05) is 6.07 Å². The lowest BCUT2D eigenvalue weighted by molar-refractivity contribution is -0.131. The van der Waals surface area contributed by atoms with E-state index >= 15 is 0 Å². The van der Waals surface area contributed by atoms with Gasteiger partial charge in [-0.15, -0.1) is 0 Å². The van der Waals surface area contributed by atoms with E-state index in [1.54, 1.807) is 17.0 Å². The molecule has 1 heterocycles. The van der Waals surface area contributed by atoms with Crippen molar-refractivity contribution in [2.75, 3.05) is 13.1 Å². The molecule has 0 saturated carbocycles. The van der Waals surface area contributed by atoms with Gasteiger partial charge in [-0.25, -0.2) is 18.0 Å². The number of hydrogen-bond donors (Lipinski definition) is 1. The first-order chi connectivity index (χ1) is 12.8. The highest BCUT2D eigenvalue weighted by molar-refractivity contribution is 5.87. The van der Waals surface area contributed by atoms with Gasteiger partial charge in [-0.2, -0.15) is 0 Å². The number of piperidine rings is 1. The van der Waals surface area contributed by atoms with Crippen LogP contribution in [0.15, 0.2) is 36.4 Å². The minimum absolute atomic E-state index is 0.0105. The summed E-state index contributed by atoms with van der Waals surface area (Å²) in [6.07, 6.45) is 1.32. The predicted octanol–water partition coefficient (Wildman–Crippen LogP) is 3.75. The molecular formula is C20H18F3NO3. The van der Waals surface area contributed by atoms with E-state index in [9.17, 15) is 22.8 Å². The summed E-state index contributed by atoms with van der Waals surface area (Å²) >= 11 is 0. The fourth-order valence-electron chi connectivity index (χ4n) is 3.40. The molecule has 2 aromatic carbocycles. The van der Waals surface area contributed by atoms with Gasteiger partial charge in [0, 0.05) is 19.0 Å². The van der Waals surface area contributed by atoms with Gasteiger partial charge < -0.3 is 10.0 Å². The summed E-state index contributed by atoms with van der Waals surface area (Å²) in [6, 6.07) is 8.27. The van der Waals surface area contributed by atoms with Gasteiger partial charge in [-0.3, -0.25) is 4.79 Å². The van der Waals surface area contributed by atoms with Gasteiger partial charge in [0.1, 0.15) is 0 Å². The van der Waals surface area contributed by atoms with Gasteiger partial charge in [0.2, 0.25) is 5.91 Å². The van der Waals surface area contributed by atoms with E-state index in [2.05, 4.69) is 0 Å². The molecule has 1 atom stereocenters. The van der Waals surface area contributed by atoms with Crippen LogP contribution in [0.3, 0.4) is 0 Å². The van der Waals surface area contributed by atoms with Crippen molar-refractivity contribution in [3.8, 4) is 0 Å². The Morgan fingerprint density at radius 1 is 1.11 bits per heavy atom. The quantitative estimate of drug-likeness (QED) is 0.826. The Kier molecular flexibility index (Phi) is 5.48. The Bertz CT molecular complexity index is 862. The van der Waals surface area contributed by atoms with E-state index < -0.39 is 23.4 Å². The maximum Gasteiger partial charge on any atom is 0.335 e. The van der Waals surface area contributed by atoms with Crippen LogP contribution in [-0.4, -0.2) is 35.0 Å². The minimum Gasteiger partial charge on any atom is -0.478 e. The molecular weight excluding hydrogens is 359 g/mol. The number of halogens is 3. The first-order valence-electron chi connectivity index (χ1n) is 8.59. The van der Waals surface area contributed by atoms with Crippen molar-refractivity contribution < 1.29 is 27.9 Å². The molecule has 1 N–H and O–H groups in total. The molecule has 7 heteroatoms. The molecule has 1 unspecified atom stereocenters. The van der Waals surface area contributed by atoms with E-state index in [4.69, 9.17) is 5.11 Å². The third-order valence-electron chi connectivity index (χ3n) is 4.78. The first-order valence-corrected chi connectivity index (χ1v) is 8.59. The number of rotatable bonds is 4. The van der Waals surface area contributed by atoms with Crippen LogP contribution in [-0.2, 0) is 11.2 Å². The summed E-state index contributed by atoms with van der Waals surface area (Å²) in [5.41, 5.74) is 1.10. The van der Waals surface area contributed by atoms with Gasteiger partial charge in [0.05, 0.1) is 12.0 Å². The number of likely N-dealkylation sites (tertiary alicyclic amines) is 1. The van der Waals surface area contributed by atoms with Crippen molar-refractivity contribution in [3.05, 3.63) is 70.5 Å². The van der Waals surface area contributed by atoms with Crippen molar-refractivity contribution >= 4 is 11.9 Å². The summed E-state index contributed by atoms with van der Waals surface area (Å²) < 4.78 is 39.7. The van der Waals surface area contributed by atoms with Crippen LogP contribution in [0.25, 0.3) is 0 Å². The van der Waals surface area contributed by atoms with Gasteiger partial charge in [-0.1, -0.05) is 12.1 Å². The van der Waals surface area contributed by atoms with Crippen LogP contribution in [0, 0.1) is 17.5 Å². The van der Waals surface area contributed by atoms with Crippen LogP contribution in [0.1, 0.15) is 40.2 Å². The Hall–Kier alpha value is -2.83. The molecule has 1 saturated heterocycles. The number of carboxylic acid groups (broad SMARTS) is 1. The lowest BCUT2D eigenvalue weighted by atomic mass is 9.89. The molecule has 0 radical (unpaired) electrons. The summed E-state index contributed by atoms with van der Waals surface area (Å²) in [6.45, 7) is 0.911. The Balaban J connectivity index is 1.71. The topological polar surface area (TPSA) is 57.6 Å². The highest BCUT2D eigenvalue weighted by atomic mass is 19.2. The van der Waals surface area contributed by atoms with Crippen LogP contribution in [0.4, 0.5) is 13.2 Å². The molecule has 0 spiro atoms. The second kappa shape index (κ2) is 7.82. The Labute approximate surface area is 154 Å². The van der Waals surface area contributed by atoms with E-state index in [-0.39, 0.29) is 29.4 Å². The highest BCUT2D eigenvalue weighted by Gasteiger charge is 2.25. The molecule has 27 heavy (non-hydrogen) atoms. The smallest absolute Gasteiger partial charge is 0.335 e. The predicted molar refractivity (Wildman–Crippen MR) is 92.0 cm³/mol. The Morgan fingerprint density at radius 2 is 1.81 bits per heavy atom. The lowest BCUT2D eigenvalue weighted by Crippen LogP contribution is -2.40. The summed E-state index contributed by atoms with van der Waals surface area (Å²) in [5, 5.41) is 9.12. The lowest BCUT2D eigenvalue weighted by Gasteiger charge is -2.33. The molecule has 0 bridgehead atoms. The first kappa shape index (κ1) is 18.9. The normalized spacial score (nSPS) is 17.0. The molecule has 1 fully saturated rings. The molecule has 1 aliphatic heterocycles. The van der Waals surface area contributed by atoms with Crippen molar-refractivity contribution in [1.29, 1.82) is 0 Å². The monoisotopic (exact) mass is 377 g/mol. The van der Waals surface area contributed by atoms with Gasteiger partial charge in [0.15, 0.2) is 17.5 Å². The van der Waals surface area contributed by atoms with E-state index in [1.165, 1.54) is 6.07 Å². The average molecular weight is 377 g/mol. The molecule has 0 aromatic heterocycles. The van der Waals surface area contributed by atoms with Crippen molar-refractivity contribution in [2.24, 2.45) is 0 Å². The molecule has 4 nitrogen and oxygen atoms in total. The summed E-state index contributed by atoms with van der Waals surface area (Å²) in [4.78, 5) is 25.3. The highest BCUT2D eigenvalue weighted by Crippen LogP contribution is 2.28. The standard InChI is InChI=1S/C20H18F3NO3/c21-16-7-12(8-17(22)19(16)23)9-18(25)24-6-2-5-15(11-24)13-3-1-4-14(10-13)20(26)27/h1,3-4,7-8,10,15H,2,5-6,9,11H2,(H,26,27). The molecule has 142 valence electrons. The van der Waals surface area contributed by atoms with Gasteiger partial charge in [0.25, 0.3) is 0 Å². The van der Waals surface area contributed by atoms with Crippen LogP contribution < -0.4 is 0 Å². The number of carbonyl (C=O) groups excluding carboxylic acids is 1. The number of benzene rings is 2. The number of hydrogen-bond acceptors (Lipinski definition) is 2. The Morgan fingerprint density at radius 3 is 2.48 bits per heavy atom.